The average Bonchev–Trinajstić information content (AvgIpc) is 2.75. The van der Waals surface area contributed by atoms with Gasteiger partial charge in [-0.3, -0.25) is 0 Å². The van der Waals surface area contributed by atoms with Crippen LogP contribution in [0.4, 0.5) is 0 Å². The molecule has 4 nitrogen and oxygen atoms in total. The van der Waals surface area contributed by atoms with Gasteiger partial charge in [-0.15, -0.1) is 0 Å². The van der Waals surface area contributed by atoms with Crippen molar-refractivity contribution in [2.75, 3.05) is 6.54 Å². The van der Waals surface area contributed by atoms with Crippen molar-refractivity contribution in [1.82, 2.24) is 5.32 Å². The van der Waals surface area contributed by atoms with Gasteiger partial charge < -0.3 is 0 Å². The SMILES string of the molecule is CC1=C(CCCC(=O)NCCC[Se]c2ccccc2)C(=O)c2ccccc2C1=O. The molecule has 0 spiro atoms. The Morgan fingerprint density at radius 1 is 0.897 bits per heavy atom. The number of hydrogen-bond donors (Lipinski definition) is 1. The number of carbonyl (C=O) groups excluding carboxylic acids is 3. The summed E-state index contributed by atoms with van der Waals surface area (Å²) in [5, 5.41) is 4.05. The molecule has 1 amide bonds. The third-order valence-electron chi connectivity index (χ3n) is 4.97. The van der Waals surface area contributed by atoms with Crippen LogP contribution in [0, 0.1) is 0 Å². The summed E-state index contributed by atoms with van der Waals surface area (Å²) in [5.41, 5.74) is 2.01. The second kappa shape index (κ2) is 10.3. The monoisotopic (exact) mass is 455 g/mol. The fourth-order valence-electron chi connectivity index (χ4n) is 3.37. The van der Waals surface area contributed by atoms with Crippen molar-refractivity contribution in [2.24, 2.45) is 0 Å². The molecule has 5 heteroatoms. The quantitative estimate of drug-likeness (QED) is 0.466. The number of nitrogens with one attached hydrogen (secondary N) is 1. The maximum atomic E-state index is 12.7. The number of benzene rings is 2. The molecule has 0 fully saturated rings. The van der Waals surface area contributed by atoms with Gasteiger partial charge in [-0.1, -0.05) is 18.2 Å². The molecule has 29 heavy (non-hydrogen) atoms. The Morgan fingerprint density at radius 3 is 2.28 bits per heavy atom. The summed E-state index contributed by atoms with van der Waals surface area (Å²) in [6.45, 7) is 2.39. The van der Waals surface area contributed by atoms with Crippen molar-refractivity contribution in [1.29, 1.82) is 0 Å². The summed E-state index contributed by atoms with van der Waals surface area (Å²) in [6, 6.07) is 17.4. The number of allylic oxidation sites excluding steroid dienone is 2. The first-order valence-electron chi connectivity index (χ1n) is 9.90. The molecule has 1 aliphatic rings. The van der Waals surface area contributed by atoms with Gasteiger partial charge >= 0.3 is 160 Å². The summed E-state index contributed by atoms with van der Waals surface area (Å²) in [5.74, 6) is -0.161. The van der Waals surface area contributed by atoms with Crippen LogP contribution in [0.1, 0.15) is 53.3 Å². The van der Waals surface area contributed by atoms with Gasteiger partial charge in [-0.2, -0.15) is 0 Å². The van der Waals surface area contributed by atoms with Gasteiger partial charge in [0, 0.05) is 0 Å². The number of Topliss-reactive ketones (excluding diaryl/α,β-unsaturated/α-hetero) is 2. The Kier molecular flexibility index (Phi) is 7.56. The third kappa shape index (κ3) is 5.53. The van der Waals surface area contributed by atoms with Gasteiger partial charge in [-0.25, -0.2) is 0 Å². The van der Waals surface area contributed by atoms with Crippen LogP contribution in [-0.4, -0.2) is 39.0 Å². The zero-order valence-electron chi connectivity index (χ0n) is 16.6. The Morgan fingerprint density at radius 2 is 1.55 bits per heavy atom. The zero-order chi connectivity index (χ0) is 20.6. The predicted octanol–water partition coefficient (Wildman–Crippen LogP) is 3.51. The molecular weight excluding hydrogens is 429 g/mol. The van der Waals surface area contributed by atoms with E-state index in [1.54, 1.807) is 31.2 Å². The molecule has 2 aromatic rings. The number of ketones is 2. The maximum absolute atomic E-state index is 12.7. The fraction of sp³-hybridized carbons (Fsp3) is 0.292. The molecule has 0 bridgehead atoms. The van der Waals surface area contributed by atoms with Crippen molar-refractivity contribution < 1.29 is 14.4 Å². The van der Waals surface area contributed by atoms with Gasteiger partial charge in [0.05, 0.1) is 0 Å². The van der Waals surface area contributed by atoms with E-state index in [1.165, 1.54) is 4.46 Å². The van der Waals surface area contributed by atoms with Crippen LogP contribution < -0.4 is 9.78 Å². The van der Waals surface area contributed by atoms with Crippen LogP contribution in [0.15, 0.2) is 65.7 Å². The van der Waals surface area contributed by atoms with E-state index < -0.39 is 0 Å². The molecular formula is C24H25NO3Se. The first kappa shape index (κ1) is 21.2. The molecule has 0 atom stereocenters. The van der Waals surface area contributed by atoms with Crippen molar-refractivity contribution in [3.8, 4) is 0 Å². The molecule has 0 saturated carbocycles. The fourth-order valence-corrected chi connectivity index (χ4v) is 5.21. The van der Waals surface area contributed by atoms with Gasteiger partial charge in [0.15, 0.2) is 0 Å². The molecule has 150 valence electrons. The Bertz CT molecular complexity index is 934. The van der Waals surface area contributed by atoms with Gasteiger partial charge in [0.25, 0.3) is 0 Å². The number of carbonyl (C=O) groups is 3. The minimum absolute atomic E-state index is 0.00505. The Hall–Kier alpha value is -2.49. The summed E-state index contributed by atoms with van der Waals surface area (Å²) in [7, 11) is 0. The van der Waals surface area contributed by atoms with Crippen molar-refractivity contribution >= 4 is 36.9 Å². The van der Waals surface area contributed by atoms with Crippen LogP contribution in [0.5, 0.6) is 0 Å². The number of fused-ring (bicyclic) bond motifs is 1. The van der Waals surface area contributed by atoms with Crippen molar-refractivity contribution in [3.05, 3.63) is 76.9 Å². The van der Waals surface area contributed by atoms with Crippen molar-refractivity contribution in [2.45, 2.75) is 37.9 Å². The summed E-state index contributed by atoms with van der Waals surface area (Å²) >= 11 is 0.445. The average molecular weight is 454 g/mol. The van der Waals surface area contributed by atoms with E-state index in [4.69, 9.17) is 0 Å². The molecule has 0 saturated heterocycles. The molecule has 2 aromatic carbocycles. The summed E-state index contributed by atoms with van der Waals surface area (Å²) in [4.78, 5) is 37.3. The van der Waals surface area contributed by atoms with E-state index in [1.807, 2.05) is 6.07 Å². The van der Waals surface area contributed by atoms with Crippen LogP contribution in [0.3, 0.4) is 0 Å². The molecule has 0 heterocycles. The Balaban J connectivity index is 1.39. The minimum atomic E-state index is -0.0834. The molecule has 0 aliphatic heterocycles. The zero-order valence-corrected chi connectivity index (χ0v) is 18.3. The second-order valence-electron chi connectivity index (χ2n) is 7.03. The first-order valence-corrected chi connectivity index (χ1v) is 12.0. The molecule has 1 N–H and O–H groups in total. The van der Waals surface area contributed by atoms with E-state index in [-0.39, 0.29) is 17.5 Å². The van der Waals surface area contributed by atoms with E-state index in [0.29, 0.717) is 63.0 Å². The first-order chi connectivity index (χ1) is 14.1. The van der Waals surface area contributed by atoms with Gasteiger partial charge in [-0.05, 0) is 0 Å². The van der Waals surface area contributed by atoms with Crippen molar-refractivity contribution in [3.63, 3.8) is 0 Å². The molecule has 0 unspecified atom stereocenters. The molecule has 3 rings (SSSR count). The Labute approximate surface area is 177 Å². The van der Waals surface area contributed by atoms with E-state index in [0.717, 1.165) is 11.7 Å². The standard InChI is InChI=1S/C24H25NO3Se/c1-17-19(24(28)21-12-6-5-11-20(21)23(17)27)13-7-14-22(26)25-15-8-16-29-18-9-3-2-4-10-18/h2-6,9-12H,7-8,13-16H2,1H3,(H,25,26). The third-order valence-corrected chi connectivity index (χ3v) is 7.27. The van der Waals surface area contributed by atoms with Crippen LogP contribution in [-0.2, 0) is 4.79 Å². The number of hydrogen-bond acceptors (Lipinski definition) is 3. The summed E-state index contributed by atoms with van der Waals surface area (Å²) < 4.78 is 1.38. The number of amides is 1. The van der Waals surface area contributed by atoms with Gasteiger partial charge in [0.2, 0.25) is 0 Å². The molecule has 0 aromatic heterocycles. The van der Waals surface area contributed by atoms with E-state index in [9.17, 15) is 14.4 Å². The number of rotatable bonds is 9. The predicted molar refractivity (Wildman–Crippen MR) is 116 cm³/mol. The molecule has 1 aliphatic carbocycles. The topological polar surface area (TPSA) is 63.2 Å². The van der Waals surface area contributed by atoms with Crippen LogP contribution in [0.25, 0.3) is 0 Å². The summed E-state index contributed by atoms with van der Waals surface area (Å²) in [6.07, 6.45) is 2.35. The van der Waals surface area contributed by atoms with E-state index in [2.05, 4.69) is 29.6 Å². The second-order valence-corrected chi connectivity index (χ2v) is 9.48. The normalized spacial score (nSPS) is 13.4. The van der Waals surface area contributed by atoms with Crippen LogP contribution >= 0.6 is 0 Å². The van der Waals surface area contributed by atoms with Gasteiger partial charge in [0.1, 0.15) is 0 Å². The molecule has 0 radical (unpaired) electrons. The van der Waals surface area contributed by atoms with Crippen LogP contribution in [0.2, 0.25) is 5.32 Å². The van der Waals surface area contributed by atoms with E-state index >= 15 is 0 Å².